The maximum Gasteiger partial charge on any atom is 0.0470 e. The van der Waals surface area contributed by atoms with Crippen molar-refractivity contribution in [1.29, 1.82) is 0 Å². The van der Waals surface area contributed by atoms with Gasteiger partial charge in [-0.2, -0.15) is 0 Å². The quantitative estimate of drug-likeness (QED) is 0.188. The second-order valence-electron chi connectivity index (χ2n) is 12.1. The fourth-order valence-electron chi connectivity index (χ4n) is 6.08. The molecule has 44 heavy (non-hydrogen) atoms. The summed E-state index contributed by atoms with van der Waals surface area (Å²) in [6.07, 6.45) is 0. The third-order valence-corrected chi connectivity index (χ3v) is 8.01. The lowest BCUT2D eigenvalue weighted by Crippen LogP contribution is -2.11. The molecule has 0 unspecified atom stereocenters. The Morgan fingerprint density at radius 3 is 0.818 bits per heavy atom. The predicted molar refractivity (Wildman–Crippen MR) is 190 cm³/mol. The van der Waals surface area contributed by atoms with E-state index in [9.17, 15) is 0 Å². The van der Waals surface area contributed by atoms with Gasteiger partial charge < -0.3 is 9.80 Å². The molecule has 0 radical (unpaired) electrons. The van der Waals surface area contributed by atoms with E-state index < -0.39 is 0 Å². The van der Waals surface area contributed by atoms with E-state index >= 15 is 0 Å². The molecule has 0 saturated heterocycles. The van der Waals surface area contributed by atoms with Crippen LogP contribution < -0.4 is 9.80 Å². The number of hydrogen-bond acceptors (Lipinski definition) is 2. The van der Waals surface area contributed by atoms with E-state index in [1.165, 1.54) is 44.5 Å². The van der Waals surface area contributed by atoms with Crippen molar-refractivity contribution in [2.24, 2.45) is 0 Å². The standard InChI is InChI=1S/C42H40N2/c1-29-11-7-15-37(21-29)43(38-16-8-12-30(2)22-38)41-25-33(5)19-35(27-41)36-20-34(6)26-42(28-36)44(39-17-9-13-31(3)23-39)40-18-10-14-32(4)24-40/h7-28H,1-6H3. The molecule has 6 rings (SSSR count). The summed E-state index contributed by atoms with van der Waals surface area (Å²) in [7, 11) is 0. The van der Waals surface area contributed by atoms with Crippen molar-refractivity contribution in [3.63, 3.8) is 0 Å². The van der Waals surface area contributed by atoms with Gasteiger partial charge in [0, 0.05) is 34.1 Å². The normalized spacial score (nSPS) is 11.0. The molecule has 0 bridgehead atoms. The summed E-state index contributed by atoms with van der Waals surface area (Å²) in [5.41, 5.74) is 16.7. The van der Waals surface area contributed by atoms with Crippen LogP contribution in [0.15, 0.2) is 133 Å². The van der Waals surface area contributed by atoms with Gasteiger partial charge in [0.25, 0.3) is 0 Å². The van der Waals surface area contributed by atoms with Crippen LogP contribution in [-0.4, -0.2) is 0 Å². The van der Waals surface area contributed by atoms with E-state index in [0.29, 0.717) is 0 Å². The maximum absolute atomic E-state index is 2.37. The minimum atomic E-state index is 1.15. The fraction of sp³-hybridized carbons (Fsp3) is 0.143. The topological polar surface area (TPSA) is 6.48 Å². The first-order valence-electron chi connectivity index (χ1n) is 15.3. The molecule has 0 spiro atoms. The molecule has 0 saturated carbocycles. The van der Waals surface area contributed by atoms with Crippen LogP contribution >= 0.6 is 0 Å². The van der Waals surface area contributed by atoms with Gasteiger partial charge >= 0.3 is 0 Å². The minimum absolute atomic E-state index is 1.15. The molecule has 0 heterocycles. The lowest BCUT2D eigenvalue weighted by molar-refractivity contribution is 1.24. The van der Waals surface area contributed by atoms with Crippen molar-refractivity contribution in [1.82, 2.24) is 0 Å². The number of rotatable bonds is 7. The Bertz CT molecular complexity index is 1720. The van der Waals surface area contributed by atoms with E-state index in [-0.39, 0.29) is 0 Å². The highest BCUT2D eigenvalue weighted by Gasteiger charge is 2.17. The molecular weight excluding hydrogens is 532 g/mol. The summed E-state index contributed by atoms with van der Waals surface area (Å²) < 4.78 is 0. The fourth-order valence-corrected chi connectivity index (χ4v) is 6.08. The van der Waals surface area contributed by atoms with Gasteiger partial charge in [-0.05, 0) is 159 Å². The van der Waals surface area contributed by atoms with Crippen molar-refractivity contribution in [2.45, 2.75) is 41.5 Å². The van der Waals surface area contributed by atoms with Gasteiger partial charge in [-0.25, -0.2) is 0 Å². The maximum atomic E-state index is 2.37. The predicted octanol–water partition coefficient (Wildman–Crippen LogP) is 12.1. The molecule has 2 nitrogen and oxygen atoms in total. The van der Waals surface area contributed by atoms with Gasteiger partial charge in [0.1, 0.15) is 0 Å². The summed E-state index contributed by atoms with van der Waals surface area (Å²) in [6, 6.07) is 48.9. The molecule has 2 heteroatoms. The summed E-state index contributed by atoms with van der Waals surface area (Å²) in [5.74, 6) is 0. The molecule has 0 fully saturated rings. The molecule has 0 aliphatic carbocycles. The van der Waals surface area contributed by atoms with Crippen molar-refractivity contribution in [3.05, 3.63) is 167 Å². The summed E-state index contributed by atoms with van der Waals surface area (Å²) in [5, 5.41) is 0. The van der Waals surface area contributed by atoms with Gasteiger partial charge in [0.15, 0.2) is 0 Å². The Kier molecular flexibility index (Phi) is 8.09. The van der Waals surface area contributed by atoms with Gasteiger partial charge in [0.2, 0.25) is 0 Å². The van der Waals surface area contributed by atoms with Crippen LogP contribution in [0.3, 0.4) is 0 Å². The smallest absolute Gasteiger partial charge is 0.0470 e. The first-order chi connectivity index (χ1) is 21.2. The number of anilines is 6. The average Bonchev–Trinajstić information content (AvgIpc) is 2.97. The Morgan fingerprint density at radius 2 is 0.545 bits per heavy atom. The second kappa shape index (κ2) is 12.3. The van der Waals surface area contributed by atoms with E-state index in [1.54, 1.807) is 0 Å². The van der Waals surface area contributed by atoms with Crippen LogP contribution in [0.4, 0.5) is 34.1 Å². The highest BCUT2D eigenvalue weighted by molar-refractivity contribution is 5.84. The molecule has 0 aliphatic rings. The number of aryl methyl sites for hydroxylation is 6. The molecule has 218 valence electrons. The molecule has 0 amide bonds. The zero-order chi connectivity index (χ0) is 30.8. The van der Waals surface area contributed by atoms with E-state index in [2.05, 4.69) is 185 Å². The SMILES string of the molecule is Cc1cccc(N(c2cccc(C)c2)c2cc(C)cc(-c3cc(C)cc(N(c4cccc(C)c4)c4cccc(C)c4)c3)c2)c1. The monoisotopic (exact) mass is 572 g/mol. The highest BCUT2D eigenvalue weighted by Crippen LogP contribution is 2.41. The molecular formula is C42H40N2. The van der Waals surface area contributed by atoms with Crippen molar-refractivity contribution < 1.29 is 0 Å². The van der Waals surface area contributed by atoms with Crippen LogP contribution in [0.1, 0.15) is 33.4 Å². The molecule has 0 aromatic heterocycles. The van der Waals surface area contributed by atoms with Gasteiger partial charge in [-0.3, -0.25) is 0 Å². The van der Waals surface area contributed by atoms with Crippen molar-refractivity contribution >= 4 is 34.1 Å². The van der Waals surface area contributed by atoms with Crippen LogP contribution in [-0.2, 0) is 0 Å². The number of benzene rings is 6. The molecule has 0 N–H and O–H groups in total. The van der Waals surface area contributed by atoms with Crippen LogP contribution in [0.25, 0.3) is 11.1 Å². The summed E-state index contributed by atoms with van der Waals surface area (Å²) in [6.45, 7) is 13.0. The lowest BCUT2D eigenvalue weighted by atomic mass is 9.98. The number of hydrogen-bond donors (Lipinski definition) is 0. The molecule has 0 atom stereocenters. The first-order valence-corrected chi connectivity index (χ1v) is 15.3. The second-order valence-corrected chi connectivity index (χ2v) is 12.1. The zero-order valence-corrected chi connectivity index (χ0v) is 26.6. The lowest BCUT2D eigenvalue weighted by Gasteiger charge is -2.28. The summed E-state index contributed by atoms with van der Waals surface area (Å²) >= 11 is 0. The minimum Gasteiger partial charge on any atom is -0.310 e. The van der Waals surface area contributed by atoms with Crippen LogP contribution in [0, 0.1) is 41.5 Å². The van der Waals surface area contributed by atoms with Crippen molar-refractivity contribution in [3.8, 4) is 11.1 Å². The third kappa shape index (κ3) is 6.31. The van der Waals surface area contributed by atoms with Crippen LogP contribution in [0.2, 0.25) is 0 Å². The van der Waals surface area contributed by atoms with Gasteiger partial charge in [-0.15, -0.1) is 0 Å². The largest absolute Gasteiger partial charge is 0.310 e. The Balaban J connectivity index is 1.51. The van der Waals surface area contributed by atoms with E-state index in [0.717, 1.165) is 34.1 Å². The molecule has 0 aliphatic heterocycles. The van der Waals surface area contributed by atoms with Crippen LogP contribution in [0.5, 0.6) is 0 Å². The van der Waals surface area contributed by atoms with Gasteiger partial charge in [-0.1, -0.05) is 60.7 Å². The van der Waals surface area contributed by atoms with Gasteiger partial charge in [0.05, 0.1) is 0 Å². The van der Waals surface area contributed by atoms with E-state index in [1.807, 2.05) is 0 Å². The molecule has 6 aromatic carbocycles. The number of nitrogens with zero attached hydrogens (tertiary/aromatic N) is 2. The molecule has 6 aromatic rings. The Labute approximate surface area is 262 Å². The summed E-state index contributed by atoms with van der Waals surface area (Å²) in [4.78, 5) is 4.75. The zero-order valence-electron chi connectivity index (χ0n) is 26.6. The first kappa shape index (κ1) is 29.0. The third-order valence-electron chi connectivity index (χ3n) is 8.01. The Morgan fingerprint density at radius 1 is 0.273 bits per heavy atom. The van der Waals surface area contributed by atoms with Crippen molar-refractivity contribution in [2.75, 3.05) is 9.80 Å². The highest BCUT2D eigenvalue weighted by atomic mass is 15.1. The average molecular weight is 573 g/mol. The van der Waals surface area contributed by atoms with E-state index in [4.69, 9.17) is 0 Å². The Hall–Kier alpha value is -5.08.